The Balaban J connectivity index is 0.000000384. The van der Waals surface area contributed by atoms with Gasteiger partial charge in [-0.3, -0.25) is 4.79 Å². The average molecular weight is 292 g/mol. The van der Waals surface area contributed by atoms with Gasteiger partial charge in [0.25, 0.3) is 0 Å². The van der Waals surface area contributed by atoms with Crippen LogP contribution in [0.4, 0.5) is 0 Å². The van der Waals surface area contributed by atoms with Crippen LogP contribution in [0.25, 0.3) is 0 Å². The second kappa shape index (κ2) is 13.8. The van der Waals surface area contributed by atoms with Crippen molar-refractivity contribution in [1.82, 2.24) is 0 Å². The fraction of sp³-hybridized carbons (Fsp3) is 0.632. The molecule has 1 unspecified atom stereocenters. The van der Waals surface area contributed by atoms with Crippen molar-refractivity contribution in [2.45, 2.75) is 66.4 Å². The zero-order valence-electron chi connectivity index (χ0n) is 14.2. The van der Waals surface area contributed by atoms with Gasteiger partial charge in [-0.2, -0.15) is 0 Å². The lowest BCUT2D eigenvalue weighted by Crippen LogP contribution is -2.08. The quantitative estimate of drug-likeness (QED) is 0.569. The molecule has 2 heteroatoms. The number of carbonyl (C=O) groups is 1. The lowest BCUT2D eigenvalue weighted by molar-refractivity contribution is -0.122. The first-order valence-electron chi connectivity index (χ1n) is 8.29. The topological polar surface area (TPSA) is 26.3 Å². The molecule has 21 heavy (non-hydrogen) atoms. The van der Waals surface area contributed by atoms with Crippen molar-refractivity contribution >= 4 is 5.78 Å². The van der Waals surface area contributed by atoms with Crippen molar-refractivity contribution in [1.29, 1.82) is 0 Å². The van der Waals surface area contributed by atoms with Gasteiger partial charge >= 0.3 is 0 Å². The number of benzene rings is 1. The molecule has 0 amide bonds. The van der Waals surface area contributed by atoms with Crippen LogP contribution >= 0.6 is 0 Å². The fourth-order valence-electron chi connectivity index (χ4n) is 1.73. The highest BCUT2D eigenvalue weighted by Crippen LogP contribution is 2.07. The molecular weight excluding hydrogens is 260 g/mol. The van der Waals surface area contributed by atoms with Crippen LogP contribution in [0.3, 0.4) is 0 Å². The normalized spacial score (nSPS) is 11.4. The van der Waals surface area contributed by atoms with Crippen molar-refractivity contribution in [2.75, 3.05) is 6.61 Å². The van der Waals surface area contributed by atoms with Gasteiger partial charge in [0.05, 0.1) is 6.61 Å². The van der Waals surface area contributed by atoms with Crippen LogP contribution in [0, 0.1) is 5.92 Å². The minimum atomic E-state index is 0.284. The largest absolute Gasteiger partial charge is 0.377 e. The smallest absolute Gasteiger partial charge is 0.135 e. The summed E-state index contributed by atoms with van der Waals surface area (Å²) < 4.78 is 5.37. The first kappa shape index (κ1) is 19.9. The maximum atomic E-state index is 11.1. The number of ketones is 1. The minimum absolute atomic E-state index is 0.284. The molecule has 1 aromatic carbocycles. The second-order valence-electron chi connectivity index (χ2n) is 5.42. The predicted molar refractivity (Wildman–Crippen MR) is 90.4 cm³/mol. The van der Waals surface area contributed by atoms with Crippen LogP contribution in [0.1, 0.15) is 65.4 Å². The Kier molecular flexibility index (Phi) is 13.1. The molecule has 1 aromatic rings. The van der Waals surface area contributed by atoms with Crippen LogP contribution in [-0.2, 0) is 16.1 Å². The molecule has 120 valence electrons. The molecule has 0 N–H and O–H groups in total. The summed E-state index contributed by atoms with van der Waals surface area (Å²) in [5, 5.41) is 0. The first-order chi connectivity index (χ1) is 10.2. The Labute approximate surface area is 130 Å². The van der Waals surface area contributed by atoms with Gasteiger partial charge in [0.15, 0.2) is 0 Å². The summed E-state index contributed by atoms with van der Waals surface area (Å²) in [6.07, 6.45) is 5.05. The van der Waals surface area contributed by atoms with Crippen LogP contribution in [0.5, 0.6) is 0 Å². The van der Waals surface area contributed by atoms with Gasteiger partial charge in [-0.05, 0) is 24.8 Å². The fourth-order valence-corrected chi connectivity index (χ4v) is 1.73. The Hall–Kier alpha value is -1.15. The number of unbranched alkanes of at least 4 members (excludes halogenated alkanes) is 1. The summed E-state index contributed by atoms with van der Waals surface area (Å²) in [6.45, 7) is 9.91. The Morgan fingerprint density at radius 2 is 1.76 bits per heavy atom. The van der Waals surface area contributed by atoms with Gasteiger partial charge in [0.1, 0.15) is 5.78 Å². The van der Waals surface area contributed by atoms with E-state index in [9.17, 15) is 4.79 Å². The number of carbonyl (C=O) groups excluding carboxylic acids is 1. The molecule has 0 aliphatic rings. The second-order valence-corrected chi connectivity index (χ2v) is 5.42. The van der Waals surface area contributed by atoms with Crippen LogP contribution in [0.15, 0.2) is 30.3 Å². The van der Waals surface area contributed by atoms with Gasteiger partial charge in [0, 0.05) is 18.9 Å². The van der Waals surface area contributed by atoms with Crippen LogP contribution < -0.4 is 0 Å². The Bertz CT molecular complexity index is 346. The van der Waals surface area contributed by atoms with Gasteiger partial charge in [-0.25, -0.2) is 0 Å². The molecule has 0 bridgehead atoms. The van der Waals surface area contributed by atoms with Gasteiger partial charge in [-0.1, -0.05) is 64.4 Å². The number of Topliss-reactive ketones (excluding diaryl/α,β-unsaturated/α-hetero) is 1. The SMILES string of the molecule is CCCCC(=O)C(C)CC.CCCOCc1ccccc1. The molecule has 0 spiro atoms. The molecule has 0 radical (unpaired) electrons. The van der Waals surface area contributed by atoms with Gasteiger partial charge in [0.2, 0.25) is 0 Å². The lowest BCUT2D eigenvalue weighted by atomic mass is 9.99. The Morgan fingerprint density at radius 3 is 2.29 bits per heavy atom. The maximum Gasteiger partial charge on any atom is 0.135 e. The van der Waals surface area contributed by atoms with E-state index in [1.54, 1.807) is 0 Å². The summed E-state index contributed by atoms with van der Waals surface area (Å²) in [5.41, 5.74) is 1.25. The van der Waals surface area contributed by atoms with E-state index < -0.39 is 0 Å². The summed E-state index contributed by atoms with van der Waals surface area (Å²) >= 11 is 0. The van der Waals surface area contributed by atoms with Gasteiger partial charge < -0.3 is 4.74 Å². The van der Waals surface area contributed by atoms with E-state index in [0.717, 1.165) is 45.3 Å². The molecule has 0 saturated carbocycles. The lowest BCUT2D eigenvalue weighted by Gasteiger charge is -2.04. The van der Waals surface area contributed by atoms with Crippen molar-refractivity contribution < 1.29 is 9.53 Å². The molecule has 0 saturated heterocycles. The van der Waals surface area contributed by atoms with Crippen molar-refractivity contribution in [3.8, 4) is 0 Å². The van der Waals surface area contributed by atoms with Crippen molar-refractivity contribution in [2.24, 2.45) is 5.92 Å². The molecule has 0 aliphatic heterocycles. The number of rotatable bonds is 9. The van der Waals surface area contributed by atoms with Crippen LogP contribution in [-0.4, -0.2) is 12.4 Å². The third-order valence-electron chi connectivity index (χ3n) is 3.40. The highest BCUT2D eigenvalue weighted by atomic mass is 16.5. The molecule has 0 aliphatic carbocycles. The minimum Gasteiger partial charge on any atom is -0.377 e. The first-order valence-corrected chi connectivity index (χ1v) is 8.29. The monoisotopic (exact) mass is 292 g/mol. The van der Waals surface area contributed by atoms with Crippen molar-refractivity contribution in [3.63, 3.8) is 0 Å². The highest BCUT2D eigenvalue weighted by Gasteiger charge is 2.08. The summed E-state index contributed by atoms with van der Waals surface area (Å²) in [6, 6.07) is 10.2. The zero-order chi connectivity index (χ0) is 15.9. The van der Waals surface area contributed by atoms with E-state index in [0.29, 0.717) is 5.78 Å². The standard InChI is InChI=1S/C10H14O.C9H18O/c1-2-8-11-9-10-6-4-3-5-7-10;1-4-6-7-9(10)8(3)5-2/h3-7H,2,8-9H2,1H3;8H,4-7H2,1-3H3. The number of hydrogen-bond acceptors (Lipinski definition) is 2. The summed E-state index contributed by atoms with van der Waals surface area (Å²) in [5.74, 6) is 0.718. The van der Waals surface area contributed by atoms with E-state index in [4.69, 9.17) is 4.74 Å². The third-order valence-corrected chi connectivity index (χ3v) is 3.40. The highest BCUT2D eigenvalue weighted by molar-refractivity contribution is 5.80. The molecule has 0 aromatic heterocycles. The predicted octanol–water partition coefficient (Wildman–Crippen LogP) is 5.41. The average Bonchev–Trinajstić information content (AvgIpc) is 2.53. The van der Waals surface area contributed by atoms with Gasteiger partial charge in [-0.15, -0.1) is 0 Å². The molecule has 2 nitrogen and oxygen atoms in total. The van der Waals surface area contributed by atoms with Crippen molar-refractivity contribution in [3.05, 3.63) is 35.9 Å². The molecule has 0 fully saturated rings. The van der Waals surface area contributed by atoms with Crippen LogP contribution in [0.2, 0.25) is 0 Å². The summed E-state index contributed by atoms with van der Waals surface area (Å²) in [4.78, 5) is 11.1. The number of hydrogen-bond donors (Lipinski definition) is 0. The molecular formula is C19H32O2. The van der Waals surface area contributed by atoms with E-state index in [-0.39, 0.29) is 5.92 Å². The number of ether oxygens (including phenoxy) is 1. The van der Waals surface area contributed by atoms with E-state index in [2.05, 4.69) is 32.9 Å². The Morgan fingerprint density at radius 1 is 1.10 bits per heavy atom. The summed E-state index contributed by atoms with van der Waals surface area (Å²) in [7, 11) is 0. The molecule has 0 heterocycles. The molecule has 1 rings (SSSR count). The van der Waals surface area contributed by atoms with E-state index >= 15 is 0 Å². The van der Waals surface area contributed by atoms with E-state index in [1.165, 1.54) is 5.56 Å². The maximum absolute atomic E-state index is 11.1. The third kappa shape index (κ3) is 11.2. The zero-order valence-corrected chi connectivity index (χ0v) is 14.2. The molecule has 1 atom stereocenters. The van der Waals surface area contributed by atoms with E-state index in [1.807, 2.05) is 25.1 Å².